The van der Waals surface area contributed by atoms with Gasteiger partial charge in [-0.05, 0) is 37.3 Å². The Morgan fingerprint density at radius 2 is 2.09 bits per heavy atom. The van der Waals surface area contributed by atoms with Crippen molar-refractivity contribution in [3.8, 4) is 0 Å². The van der Waals surface area contributed by atoms with E-state index in [4.69, 9.17) is 16.3 Å². The number of hydrogen-bond donors (Lipinski definition) is 1. The summed E-state index contributed by atoms with van der Waals surface area (Å²) in [6.45, 7) is 1.49. The molecule has 0 fully saturated rings. The first-order chi connectivity index (χ1) is 10.5. The number of carbonyl (C=O) groups is 2. The van der Waals surface area contributed by atoms with Gasteiger partial charge in [-0.15, -0.1) is 0 Å². The van der Waals surface area contributed by atoms with E-state index in [0.717, 1.165) is 4.47 Å². The summed E-state index contributed by atoms with van der Waals surface area (Å²) in [7, 11) is 0. The van der Waals surface area contributed by atoms with Crippen LogP contribution in [0.15, 0.2) is 47.1 Å². The molecule has 0 saturated heterocycles. The Bertz CT molecular complexity index is 691. The van der Waals surface area contributed by atoms with Crippen LogP contribution in [0.2, 0.25) is 5.02 Å². The first kappa shape index (κ1) is 16.5. The topological polar surface area (TPSA) is 68.3 Å². The van der Waals surface area contributed by atoms with Crippen LogP contribution in [-0.2, 0) is 9.53 Å². The quantitative estimate of drug-likeness (QED) is 0.818. The van der Waals surface area contributed by atoms with Gasteiger partial charge in [-0.2, -0.15) is 0 Å². The molecule has 1 N–H and O–H groups in total. The maximum atomic E-state index is 12.0. The number of rotatable bonds is 4. The number of nitrogens with one attached hydrogen (secondary N) is 1. The molecule has 7 heteroatoms. The van der Waals surface area contributed by atoms with Crippen LogP contribution in [0.4, 0.5) is 5.82 Å². The number of aromatic nitrogens is 1. The Morgan fingerprint density at radius 3 is 2.73 bits per heavy atom. The molecule has 1 aromatic carbocycles. The van der Waals surface area contributed by atoms with Crippen molar-refractivity contribution in [1.82, 2.24) is 4.98 Å². The Kier molecular flexibility index (Phi) is 5.51. The molecular weight excluding hydrogens is 372 g/mol. The van der Waals surface area contributed by atoms with Gasteiger partial charge in [-0.1, -0.05) is 33.6 Å². The number of carbonyl (C=O) groups excluding carboxylic acids is 2. The fourth-order valence-electron chi connectivity index (χ4n) is 1.58. The van der Waals surface area contributed by atoms with E-state index in [1.165, 1.54) is 13.1 Å². The van der Waals surface area contributed by atoms with E-state index < -0.39 is 18.0 Å². The fraction of sp³-hybridized carbons (Fsp3) is 0.133. The molecule has 114 valence electrons. The summed E-state index contributed by atoms with van der Waals surface area (Å²) in [5.41, 5.74) is 0.360. The highest BCUT2D eigenvalue weighted by molar-refractivity contribution is 9.10. The number of halogens is 2. The maximum Gasteiger partial charge on any atom is 0.338 e. The fourth-order valence-corrected chi connectivity index (χ4v) is 2.09. The molecule has 2 rings (SSSR count). The molecule has 0 bridgehead atoms. The summed E-state index contributed by atoms with van der Waals surface area (Å²) in [5, 5.41) is 3.01. The molecule has 1 atom stereocenters. The van der Waals surface area contributed by atoms with Crippen LogP contribution < -0.4 is 5.32 Å². The van der Waals surface area contributed by atoms with E-state index in [-0.39, 0.29) is 0 Å². The van der Waals surface area contributed by atoms with Crippen molar-refractivity contribution in [3.05, 3.63) is 57.7 Å². The van der Waals surface area contributed by atoms with Gasteiger partial charge in [-0.3, -0.25) is 4.79 Å². The van der Waals surface area contributed by atoms with Crippen molar-refractivity contribution in [1.29, 1.82) is 0 Å². The van der Waals surface area contributed by atoms with Crippen molar-refractivity contribution < 1.29 is 14.3 Å². The van der Waals surface area contributed by atoms with Crippen LogP contribution in [0.5, 0.6) is 0 Å². The van der Waals surface area contributed by atoms with Gasteiger partial charge in [0, 0.05) is 10.7 Å². The van der Waals surface area contributed by atoms with Gasteiger partial charge in [0.2, 0.25) is 0 Å². The van der Waals surface area contributed by atoms with Gasteiger partial charge in [0.1, 0.15) is 5.82 Å². The van der Waals surface area contributed by atoms with Gasteiger partial charge >= 0.3 is 5.97 Å². The van der Waals surface area contributed by atoms with Crippen molar-refractivity contribution in [2.24, 2.45) is 0 Å². The lowest BCUT2D eigenvalue weighted by atomic mass is 10.2. The standard InChI is InChI=1S/C15H12BrClN2O3/c1-9(14(20)19-13-6-5-12(17)8-18-13)22-15(21)10-3-2-4-11(16)7-10/h2-9H,1H3,(H,18,19,20)/t9-/m0/s1. The monoisotopic (exact) mass is 382 g/mol. The molecule has 0 saturated carbocycles. The summed E-state index contributed by atoms with van der Waals surface area (Å²) in [6, 6.07) is 9.89. The van der Waals surface area contributed by atoms with E-state index in [1.54, 1.807) is 36.4 Å². The van der Waals surface area contributed by atoms with Gasteiger partial charge < -0.3 is 10.1 Å². The number of benzene rings is 1. The lowest BCUT2D eigenvalue weighted by Crippen LogP contribution is -2.30. The second-order valence-corrected chi connectivity index (χ2v) is 5.76. The summed E-state index contributed by atoms with van der Waals surface area (Å²) >= 11 is 8.98. The molecule has 0 spiro atoms. The molecule has 0 unspecified atom stereocenters. The minimum atomic E-state index is -0.955. The van der Waals surface area contributed by atoms with Gasteiger partial charge in [0.15, 0.2) is 6.10 Å². The summed E-state index contributed by atoms with van der Waals surface area (Å²) < 4.78 is 5.88. The molecule has 2 aromatic rings. The molecule has 5 nitrogen and oxygen atoms in total. The number of nitrogens with zero attached hydrogens (tertiary/aromatic N) is 1. The molecule has 0 aliphatic heterocycles. The average Bonchev–Trinajstić information content (AvgIpc) is 2.49. The zero-order valence-corrected chi connectivity index (χ0v) is 13.9. The zero-order valence-electron chi connectivity index (χ0n) is 11.5. The van der Waals surface area contributed by atoms with E-state index in [0.29, 0.717) is 16.4 Å². The second kappa shape index (κ2) is 7.38. The van der Waals surface area contributed by atoms with Crippen LogP contribution in [0.1, 0.15) is 17.3 Å². The first-order valence-electron chi connectivity index (χ1n) is 6.34. The van der Waals surface area contributed by atoms with E-state index >= 15 is 0 Å². The predicted molar refractivity (Wildman–Crippen MR) is 86.9 cm³/mol. The Balaban J connectivity index is 1.96. The Labute approximate surface area is 140 Å². The van der Waals surface area contributed by atoms with Crippen molar-refractivity contribution in [3.63, 3.8) is 0 Å². The highest BCUT2D eigenvalue weighted by Gasteiger charge is 2.19. The normalized spacial score (nSPS) is 11.6. The number of hydrogen-bond acceptors (Lipinski definition) is 4. The predicted octanol–water partition coefficient (Wildman–Crippen LogP) is 3.68. The largest absolute Gasteiger partial charge is 0.449 e. The summed E-state index contributed by atoms with van der Waals surface area (Å²) in [6.07, 6.45) is 0.457. The van der Waals surface area contributed by atoms with Crippen molar-refractivity contribution in [2.45, 2.75) is 13.0 Å². The maximum absolute atomic E-state index is 12.0. The third-order valence-electron chi connectivity index (χ3n) is 2.69. The van der Waals surface area contributed by atoms with Crippen LogP contribution in [-0.4, -0.2) is 23.0 Å². The van der Waals surface area contributed by atoms with Gasteiger partial charge in [0.05, 0.1) is 10.6 Å². The smallest absolute Gasteiger partial charge is 0.338 e. The van der Waals surface area contributed by atoms with Crippen LogP contribution >= 0.6 is 27.5 Å². The molecule has 1 aromatic heterocycles. The Morgan fingerprint density at radius 1 is 1.32 bits per heavy atom. The average molecular weight is 384 g/mol. The second-order valence-electron chi connectivity index (χ2n) is 4.41. The number of ether oxygens (including phenoxy) is 1. The summed E-state index contributed by atoms with van der Waals surface area (Å²) in [5.74, 6) is -0.717. The molecule has 0 radical (unpaired) electrons. The molecule has 1 heterocycles. The summed E-state index contributed by atoms with van der Waals surface area (Å²) in [4.78, 5) is 27.9. The van der Waals surface area contributed by atoms with E-state index in [9.17, 15) is 9.59 Å². The third-order valence-corrected chi connectivity index (χ3v) is 3.41. The van der Waals surface area contributed by atoms with Crippen molar-refractivity contribution >= 4 is 45.2 Å². The molecule has 0 aliphatic rings. The number of esters is 1. The molecule has 22 heavy (non-hydrogen) atoms. The van der Waals surface area contributed by atoms with Crippen LogP contribution in [0.25, 0.3) is 0 Å². The highest BCUT2D eigenvalue weighted by atomic mass is 79.9. The Hall–Kier alpha value is -1.92. The molecule has 0 aliphatic carbocycles. The lowest BCUT2D eigenvalue weighted by molar-refractivity contribution is -0.123. The minimum absolute atomic E-state index is 0.333. The lowest BCUT2D eigenvalue weighted by Gasteiger charge is -2.13. The first-order valence-corrected chi connectivity index (χ1v) is 7.52. The molecular formula is C15H12BrClN2O3. The van der Waals surface area contributed by atoms with E-state index in [1.807, 2.05) is 0 Å². The van der Waals surface area contributed by atoms with Crippen LogP contribution in [0, 0.1) is 0 Å². The van der Waals surface area contributed by atoms with Crippen molar-refractivity contribution in [2.75, 3.05) is 5.32 Å². The molecule has 1 amide bonds. The third kappa shape index (κ3) is 4.54. The SMILES string of the molecule is C[C@H](OC(=O)c1cccc(Br)c1)C(=O)Nc1ccc(Cl)cn1. The number of pyridine rings is 1. The van der Waals surface area contributed by atoms with Gasteiger partial charge in [-0.25, -0.2) is 9.78 Å². The van der Waals surface area contributed by atoms with Crippen LogP contribution in [0.3, 0.4) is 0 Å². The number of amides is 1. The van der Waals surface area contributed by atoms with E-state index in [2.05, 4.69) is 26.2 Å². The zero-order chi connectivity index (χ0) is 16.1. The van der Waals surface area contributed by atoms with Gasteiger partial charge in [0.25, 0.3) is 5.91 Å². The number of anilines is 1. The highest BCUT2D eigenvalue weighted by Crippen LogP contribution is 2.14. The minimum Gasteiger partial charge on any atom is -0.449 e.